The normalized spacial score (nSPS) is 11.6. The fourth-order valence-corrected chi connectivity index (χ4v) is 4.68. The summed E-state index contributed by atoms with van der Waals surface area (Å²) in [6.07, 6.45) is 2.79. The molecule has 0 amide bonds. The summed E-state index contributed by atoms with van der Waals surface area (Å²) < 4.78 is 42.5. The maximum Gasteiger partial charge on any atom is 0.343 e. The van der Waals surface area contributed by atoms with Crippen molar-refractivity contribution in [2.45, 2.75) is 25.7 Å². The molecular weight excluding hydrogens is 434 g/mol. The number of rotatable bonds is 9. The van der Waals surface area contributed by atoms with Gasteiger partial charge in [0.05, 0.1) is 24.7 Å². The van der Waals surface area contributed by atoms with Gasteiger partial charge in [0.15, 0.2) is 11.5 Å². The van der Waals surface area contributed by atoms with Crippen LogP contribution in [0.3, 0.4) is 0 Å². The van der Waals surface area contributed by atoms with Crippen LogP contribution >= 0.6 is 0 Å². The number of esters is 2. The summed E-state index contributed by atoms with van der Waals surface area (Å²) >= 11 is 0. The number of ether oxygens (including phenoxy) is 3. The standard InChI is InChI=1S/C23H27NO7S/c1-6-24(7-2)32(27,28)21-15-18(11-8-16(21)3)23(26)31-19-12-9-17(14-20(19)29-4)10-13-22(25)30-5/h8-15H,6-7H2,1-5H3/b13-10+. The Morgan fingerprint density at radius 3 is 2.28 bits per heavy atom. The van der Waals surface area contributed by atoms with E-state index in [0.717, 1.165) is 0 Å². The van der Waals surface area contributed by atoms with Crippen LogP contribution in [-0.2, 0) is 19.6 Å². The first kappa shape index (κ1) is 25.1. The highest BCUT2D eigenvalue weighted by Gasteiger charge is 2.25. The Hall–Kier alpha value is -3.17. The second kappa shape index (κ2) is 10.9. The molecule has 2 aromatic rings. The monoisotopic (exact) mass is 461 g/mol. The maximum atomic E-state index is 12.9. The first-order chi connectivity index (χ1) is 15.2. The smallest absolute Gasteiger partial charge is 0.343 e. The molecule has 9 heteroatoms. The van der Waals surface area contributed by atoms with Crippen LogP contribution in [0.1, 0.15) is 35.3 Å². The highest BCUT2D eigenvalue weighted by atomic mass is 32.2. The van der Waals surface area contributed by atoms with E-state index in [2.05, 4.69) is 4.74 Å². The second-order valence-electron chi connectivity index (χ2n) is 6.73. The average Bonchev–Trinajstić information content (AvgIpc) is 2.78. The van der Waals surface area contributed by atoms with E-state index in [0.29, 0.717) is 24.2 Å². The molecule has 0 radical (unpaired) electrons. The van der Waals surface area contributed by atoms with E-state index in [4.69, 9.17) is 9.47 Å². The third kappa shape index (κ3) is 5.74. The topological polar surface area (TPSA) is 99.2 Å². The van der Waals surface area contributed by atoms with Crippen molar-refractivity contribution in [3.8, 4) is 11.5 Å². The molecule has 0 unspecified atom stereocenters. The minimum atomic E-state index is -3.74. The molecule has 0 aromatic heterocycles. The van der Waals surface area contributed by atoms with Crippen molar-refractivity contribution in [1.29, 1.82) is 0 Å². The summed E-state index contributed by atoms with van der Waals surface area (Å²) in [5.74, 6) is -0.804. The Balaban J connectivity index is 2.33. The average molecular weight is 462 g/mol. The molecule has 0 heterocycles. The van der Waals surface area contributed by atoms with E-state index >= 15 is 0 Å². The summed E-state index contributed by atoms with van der Waals surface area (Å²) in [6, 6.07) is 9.16. The van der Waals surface area contributed by atoms with E-state index in [1.807, 2.05) is 0 Å². The first-order valence-corrected chi connectivity index (χ1v) is 11.4. The van der Waals surface area contributed by atoms with Gasteiger partial charge in [0.1, 0.15) is 0 Å². The molecule has 0 fully saturated rings. The third-order valence-corrected chi connectivity index (χ3v) is 6.94. The predicted octanol–water partition coefficient (Wildman–Crippen LogP) is 3.44. The number of carbonyl (C=O) groups is 2. The molecule has 2 rings (SSSR count). The van der Waals surface area contributed by atoms with Crippen LogP contribution in [0.25, 0.3) is 6.08 Å². The van der Waals surface area contributed by atoms with Gasteiger partial charge in [0.25, 0.3) is 0 Å². The molecule has 0 atom stereocenters. The van der Waals surface area contributed by atoms with Crippen molar-refractivity contribution in [1.82, 2.24) is 4.31 Å². The summed E-state index contributed by atoms with van der Waals surface area (Å²) in [5.41, 5.74) is 1.26. The molecule has 0 saturated carbocycles. The second-order valence-corrected chi connectivity index (χ2v) is 8.63. The molecule has 0 N–H and O–H groups in total. The quantitative estimate of drug-likeness (QED) is 0.320. The van der Waals surface area contributed by atoms with Gasteiger partial charge in [-0.15, -0.1) is 0 Å². The zero-order chi connectivity index (χ0) is 23.9. The van der Waals surface area contributed by atoms with Crippen LogP contribution in [0.2, 0.25) is 0 Å². The maximum absolute atomic E-state index is 12.9. The summed E-state index contributed by atoms with van der Waals surface area (Å²) in [6.45, 7) is 5.83. The highest BCUT2D eigenvalue weighted by molar-refractivity contribution is 7.89. The number of carbonyl (C=O) groups excluding carboxylic acids is 2. The van der Waals surface area contributed by atoms with Gasteiger partial charge >= 0.3 is 11.9 Å². The Labute approximate surface area is 188 Å². The van der Waals surface area contributed by atoms with E-state index < -0.39 is 22.0 Å². The van der Waals surface area contributed by atoms with Crippen molar-refractivity contribution >= 4 is 28.0 Å². The van der Waals surface area contributed by atoms with E-state index in [1.165, 1.54) is 48.9 Å². The van der Waals surface area contributed by atoms with Crippen molar-refractivity contribution in [2.24, 2.45) is 0 Å². The first-order valence-electron chi connectivity index (χ1n) is 9.94. The predicted molar refractivity (Wildman–Crippen MR) is 120 cm³/mol. The van der Waals surface area contributed by atoms with Gasteiger partial charge in [-0.3, -0.25) is 0 Å². The molecule has 8 nitrogen and oxygen atoms in total. The molecule has 0 aliphatic rings. The van der Waals surface area contributed by atoms with E-state index in [9.17, 15) is 18.0 Å². The van der Waals surface area contributed by atoms with Crippen LogP contribution < -0.4 is 9.47 Å². The Morgan fingerprint density at radius 2 is 1.69 bits per heavy atom. The van der Waals surface area contributed by atoms with Crippen LogP contribution in [0.5, 0.6) is 11.5 Å². The highest BCUT2D eigenvalue weighted by Crippen LogP contribution is 2.30. The summed E-state index contributed by atoms with van der Waals surface area (Å²) in [7, 11) is -1.04. The van der Waals surface area contributed by atoms with Gasteiger partial charge in [-0.05, 0) is 48.4 Å². The molecule has 0 bridgehead atoms. The van der Waals surface area contributed by atoms with Gasteiger partial charge in [-0.25, -0.2) is 18.0 Å². The number of hydrogen-bond donors (Lipinski definition) is 0. The summed E-state index contributed by atoms with van der Waals surface area (Å²) in [5, 5.41) is 0. The molecule has 0 aliphatic heterocycles. The van der Waals surface area contributed by atoms with Crippen LogP contribution in [0.4, 0.5) is 0 Å². The van der Waals surface area contributed by atoms with Crippen molar-refractivity contribution in [2.75, 3.05) is 27.3 Å². The van der Waals surface area contributed by atoms with E-state index in [1.54, 1.807) is 39.0 Å². The molecular formula is C23H27NO7S. The Morgan fingerprint density at radius 1 is 1.00 bits per heavy atom. The number of sulfonamides is 1. The van der Waals surface area contributed by atoms with Crippen LogP contribution in [0.15, 0.2) is 47.4 Å². The van der Waals surface area contributed by atoms with Crippen molar-refractivity contribution in [3.05, 3.63) is 59.2 Å². The number of methoxy groups -OCH3 is 2. The number of hydrogen-bond acceptors (Lipinski definition) is 7. The van der Waals surface area contributed by atoms with Crippen LogP contribution in [0, 0.1) is 6.92 Å². The summed E-state index contributed by atoms with van der Waals surface area (Å²) in [4.78, 5) is 24.1. The fraction of sp³-hybridized carbons (Fsp3) is 0.304. The molecule has 0 spiro atoms. The van der Waals surface area contributed by atoms with Gasteiger partial charge in [0, 0.05) is 19.2 Å². The lowest BCUT2D eigenvalue weighted by molar-refractivity contribution is -0.134. The zero-order valence-corrected chi connectivity index (χ0v) is 19.6. The Kier molecular flexibility index (Phi) is 8.56. The molecule has 0 saturated heterocycles. The molecule has 2 aromatic carbocycles. The van der Waals surface area contributed by atoms with Gasteiger partial charge < -0.3 is 14.2 Å². The van der Waals surface area contributed by atoms with Crippen molar-refractivity contribution < 1.29 is 32.2 Å². The molecule has 172 valence electrons. The lowest BCUT2D eigenvalue weighted by Gasteiger charge is -2.20. The minimum Gasteiger partial charge on any atom is -0.493 e. The zero-order valence-electron chi connectivity index (χ0n) is 18.7. The lowest BCUT2D eigenvalue weighted by Crippen LogP contribution is -2.31. The van der Waals surface area contributed by atoms with E-state index in [-0.39, 0.29) is 22.0 Å². The van der Waals surface area contributed by atoms with Crippen LogP contribution in [-0.4, -0.2) is 52.0 Å². The number of aryl methyl sites for hydroxylation is 1. The Bertz CT molecular complexity index is 1120. The SMILES string of the molecule is CCN(CC)S(=O)(=O)c1cc(C(=O)Oc2ccc(/C=C/C(=O)OC)cc2OC)ccc1C. The van der Waals surface area contributed by atoms with Crippen molar-refractivity contribution in [3.63, 3.8) is 0 Å². The molecule has 32 heavy (non-hydrogen) atoms. The van der Waals surface area contributed by atoms with Gasteiger partial charge in [-0.1, -0.05) is 26.0 Å². The third-order valence-electron chi connectivity index (χ3n) is 4.75. The number of benzene rings is 2. The number of nitrogens with zero attached hydrogens (tertiary/aromatic N) is 1. The fourth-order valence-electron chi connectivity index (χ4n) is 2.97. The minimum absolute atomic E-state index is 0.0610. The lowest BCUT2D eigenvalue weighted by atomic mass is 10.1. The van der Waals surface area contributed by atoms with Gasteiger partial charge in [-0.2, -0.15) is 4.31 Å². The van der Waals surface area contributed by atoms with Gasteiger partial charge in [0.2, 0.25) is 10.0 Å². The largest absolute Gasteiger partial charge is 0.493 e. The molecule has 0 aliphatic carbocycles.